The Balaban J connectivity index is 0.000000151. The molecule has 0 fully saturated rings. The molecule has 2 nitrogen and oxygen atoms in total. The molecule has 1 heterocycles. The Morgan fingerprint density at radius 3 is 2.00 bits per heavy atom. The molecule has 1 aromatic heterocycles. The zero-order valence-electron chi connectivity index (χ0n) is 8.51. The van der Waals surface area contributed by atoms with E-state index in [1.165, 1.54) is 0 Å². The number of para-hydroxylation sites is 1. The molecule has 0 aliphatic heterocycles. The molecule has 0 saturated heterocycles. The number of benzene rings is 1. The third kappa shape index (κ3) is 4.62. The Morgan fingerprint density at radius 2 is 1.67 bits per heavy atom. The quantitative estimate of drug-likeness (QED) is 0.715. The van der Waals surface area contributed by atoms with Gasteiger partial charge in [-0.3, -0.25) is 4.98 Å². The van der Waals surface area contributed by atoms with Crippen LogP contribution in [0.2, 0.25) is 0 Å². The predicted octanol–water partition coefficient (Wildman–Crippen LogP) is 2.99. The number of nitrogen functional groups attached to an aromatic ring is 1. The van der Waals surface area contributed by atoms with Crippen LogP contribution in [0, 0.1) is 0 Å². The number of nitrogens with zero attached hydrogens (tertiary/aromatic N) is 1. The van der Waals surface area contributed by atoms with Crippen LogP contribution in [0.25, 0.3) is 6.08 Å². The summed E-state index contributed by atoms with van der Waals surface area (Å²) in [7, 11) is 0. The summed E-state index contributed by atoms with van der Waals surface area (Å²) in [6, 6.07) is 15.2. The van der Waals surface area contributed by atoms with Gasteiger partial charge in [0.15, 0.2) is 0 Å². The smallest absolute Gasteiger partial charge is 0.0623 e. The van der Waals surface area contributed by atoms with Gasteiger partial charge in [-0.15, -0.1) is 0 Å². The highest BCUT2D eigenvalue weighted by Crippen LogP contribution is 1.95. The van der Waals surface area contributed by atoms with Gasteiger partial charge in [-0.25, -0.2) is 0 Å². The fourth-order valence-corrected chi connectivity index (χ4v) is 0.950. The first-order valence-electron chi connectivity index (χ1n) is 4.67. The number of hydrogen-bond acceptors (Lipinski definition) is 2. The van der Waals surface area contributed by atoms with E-state index in [-0.39, 0.29) is 0 Å². The average Bonchev–Trinajstić information content (AvgIpc) is 2.32. The van der Waals surface area contributed by atoms with Gasteiger partial charge in [0.25, 0.3) is 0 Å². The van der Waals surface area contributed by atoms with E-state index in [1.54, 1.807) is 12.3 Å². The van der Waals surface area contributed by atoms with Crippen LogP contribution in [-0.4, -0.2) is 4.98 Å². The van der Waals surface area contributed by atoms with E-state index in [9.17, 15) is 0 Å². The van der Waals surface area contributed by atoms with Crippen LogP contribution in [-0.2, 0) is 0 Å². The summed E-state index contributed by atoms with van der Waals surface area (Å²) in [5, 5.41) is 0. The van der Waals surface area contributed by atoms with Crippen LogP contribution >= 0.6 is 0 Å². The summed E-state index contributed by atoms with van der Waals surface area (Å²) < 4.78 is 0. The topological polar surface area (TPSA) is 38.9 Å². The van der Waals surface area contributed by atoms with Gasteiger partial charge in [0.2, 0.25) is 0 Å². The van der Waals surface area contributed by atoms with E-state index in [1.807, 2.05) is 48.5 Å². The molecule has 0 spiro atoms. The molecule has 76 valence electrons. The van der Waals surface area contributed by atoms with Crippen molar-refractivity contribution in [2.45, 2.75) is 0 Å². The second-order valence-corrected chi connectivity index (χ2v) is 2.87. The van der Waals surface area contributed by atoms with Gasteiger partial charge in [0, 0.05) is 11.9 Å². The maximum Gasteiger partial charge on any atom is 0.0623 e. The van der Waals surface area contributed by atoms with Gasteiger partial charge in [-0.05, 0) is 30.3 Å². The lowest BCUT2D eigenvalue weighted by atomic mass is 10.3. The van der Waals surface area contributed by atoms with E-state index in [0.717, 1.165) is 11.4 Å². The second kappa shape index (κ2) is 6.38. The largest absolute Gasteiger partial charge is 0.399 e. The first-order valence-corrected chi connectivity index (χ1v) is 4.67. The number of anilines is 1. The van der Waals surface area contributed by atoms with Gasteiger partial charge < -0.3 is 5.73 Å². The van der Waals surface area contributed by atoms with Gasteiger partial charge in [-0.1, -0.05) is 30.8 Å². The van der Waals surface area contributed by atoms with Gasteiger partial charge in [-0.2, -0.15) is 0 Å². The Kier molecular flexibility index (Phi) is 4.67. The van der Waals surface area contributed by atoms with Crippen molar-refractivity contribution < 1.29 is 0 Å². The van der Waals surface area contributed by atoms with Crippen LogP contribution in [0.15, 0.2) is 61.3 Å². The highest BCUT2D eigenvalue weighted by molar-refractivity contribution is 5.40. The van der Waals surface area contributed by atoms with Crippen LogP contribution in [0.4, 0.5) is 5.69 Å². The van der Waals surface area contributed by atoms with E-state index in [4.69, 9.17) is 5.73 Å². The lowest BCUT2D eigenvalue weighted by Crippen LogP contribution is -1.79. The zero-order chi connectivity index (χ0) is 10.9. The minimum Gasteiger partial charge on any atom is -0.399 e. The van der Waals surface area contributed by atoms with Crippen LogP contribution < -0.4 is 5.73 Å². The first kappa shape index (κ1) is 11.0. The van der Waals surface area contributed by atoms with Crippen molar-refractivity contribution in [3.8, 4) is 0 Å². The maximum absolute atomic E-state index is 5.36. The molecule has 1 aromatic carbocycles. The van der Waals surface area contributed by atoms with Crippen molar-refractivity contribution in [3.05, 3.63) is 67.0 Å². The first-order chi connectivity index (χ1) is 7.33. The molecule has 0 atom stereocenters. The molecule has 0 radical (unpaired) electrons. The van der Waals surface area contributed by atoms with Crippen LogP contribution in [0.1, 0.15) is 5.69 Å². The van der Waals surface area contributed by atoms with E-state index >= 15 is 0 Å². The zero-order valence-corrected chi connectivity index (χ0v) is 8.51. The molecule has 0 bridgehead atoms. The van der Waals surface area contributed by atoms with Crippen LogP contribution in [0.5, 0.6) is 0 Å². The van der Waals surface area contributed by atoms with Crippen molar-refractivity contribution in [1.29, 1.82) is 0 Å². The van der Waals surface area contributed by atoms with Crippen molar-refractivity contribution in [1.82, 2.24) is 4.98 Å². The molecular formula is C13H14N2. The summed E-state index contributed by atoms with van der Waals surface area (Å²) in [5.74, 6) is 0. The van der Waals surface area contributed by atoms with Gasteiger partial charge in [0.05, 0.1) is 5.69 Å². The van der Waals surface area contributed by atoms with Crippen molar-refractivity contribution in [2.24, 2.45) is 0 Å². The number of nitrogens with two attached hydrogens (primary N) is 1. The average molecular weight is 198 g/mol. The Bertz CT molecular complexity index is 382. The minimum absolute atomic E-state index is 0.822. The van der Waals surface area contributed by atoms with Gasteiger partial charge in [0.1, 0.15) is 0 Å². The van der Waals surface area contributed by atoms with E-state index in [0.29, 0.717) is 0 Å². The third-order valence-corrected chi connectivity index (χ3v) is 1.70. The standard InChI is InChI=1S/C7H7N.C6H7N/c1-2-7-5-3-4-6-8-7;7-6-4-2-1-3-5-6/h2-6H,1H2;1-5H,7H2. The van der Waals surface area contributed by atoms with Crippen molar-refractivity contribution in [2.75, 3.05) is 5.73 Å². The molecule has 2 N–H and O–H groups in total. The van der Waals surface area contributed by atoms with E-state index < -0.39 is 0 Å². The predicted molar refractivity (Wildman–Crippen MR) is 65.2 cm³/mol. The van der Waals surface area contributed by atoms with Gasteiger partial charge >= 0.3 is 0 Å². The summed E-state index contributed by atoms with van der Waals surface area (Å²) in [6.07, 6.45) is 3.47. The summed E-state index contributed by atoms with van der Waals surface area (Å²) in [5.41, 5.74) is 7.10. The highest BCUT2D eigenvalue weighted by Gasteiger charge is 1.77. The third-order valence-electron chi connectivity index (χ3n) is 1.70. The molecule has 2 heteroatoms. The molecule has 0 saturated carbocycles. The number of hydrogen-bond donors (Lipinski definition) is 1. The van der Waals surface area contributed by atoms with Crippen molar-refractivity contribution >= 4 is 11.8 Å². The molecule has 0 unspecified atom stereocenters. The molecule has 15 heavy (non-hydrogen) atoms. The Hall–Kier alpha value is -2.09. The molecule has 0 aliphatic rings. The molecule has 2 aromatic rings. The van der Waals surface area contributed by atoms with E-state index in [2.05, 4.69) is 11.6 Å². The Labute approximate surface area is 90.1 Å². The maximum atomic E-state index is 5.36. The monoisotopic (exact) mass is 198 g/mol. The summed E-state index contributed by atoms with van der Waals surface area (Å²) in [6.45, 7) is 3.57. The summed E-state index contributed by atoms with van der Waals surface area (Å²) >= 11 is 0. The molecule has 2 rings (SSSR count). The number of pyridine rings is 1. The normalized spacial score (nSPS) is 8.53. The fourth-order valence-electron chi connectivity index (χ4n) is 0.950. The molecule has 0 amide bonds. The van der Waals surface area contributed by atoms with Crippen LogP contribution in [0.3, 0.4) is 0 Å². The highest BCUT2D eigenvalue weighted by atomic mass is 14.6. The minimum atomic E-state index is 0.822. The van der Waals surface area contributed by atoms with Crippen molar-refractivity contribution in [3.63, 3.8) is 0 Å². The number of aromatic nitrogens is 1. The number of rotatable bonds is 1. The lowest BCUT2D eigenvalue weighted by Gasteiger charge is -1.84. The SMILES string of the molecule is C=Cc1ccccn1.Nc1ccccc1. The fraction of sp³-hybridized carbons (Fsp3) is 0. The summed E-state index contributed by atoms with van der Waals surface area (Å²) in [4.78, 5) is 3.98. The molecule has 0 aliphatic carbocycles. The molecular weight excluding hydrogens is 184 g/mol. The lowest BCUT2D eigenvalue weighted by molar-refractivity contribution is 1.30. The Morgan fingerprint density at radius 1 is 1.00 bits per heavy atom. The second-order valence-electron chi connectivity index (χ2n) is 2.87.